The molecular formula is C54H40N2. The number of rotatable bonds is 7. The molecule has 0 fully saturated rings. The van der Waals surface area contributed by atoms with E-state index in [9.17, 15) is 0 Å². The summed E-state index contributed by atoms with van der Waals surface area (Å²) in [7, 11) is 0. The number of aromatic nitrogens is 1. The predicted octanol–water partition coefficient (Wildman–Crippen LogP) is 14.7. The van der Waals surface area contributed by atoms with Gasteiger partial charge < -0.3 is 4.90 Å². The zero-order valence-corrected chi connectivity index (χ0v) is 31.5. The summed E-state index contributed by atoms with van der Waals surface area (Å²) in [6.45, 7) is 4.59. The standard InChI is InChI=1S/C54H40N2/c1-54(2)51-12-7-33-55-53(51)36-52(54)43-25-31-50(32-26-43)56(49-29-23-42(24-30-49)47-20-18-38-9-4-6-11-45(38)35-47)48-27-21-40(22-28-48)39-13-15-41(16-14-39)46-19-17-37-8-3-5-10-44(37)34-46/h3-36H,1-2H3. The minimum Gasteiger partial charge on any atom is -0.311 e. The Bertz CT molecular complexity index is 2900. The molecule has 0 N–H and O–H groups in total. The third-order valence-electron chi connectivity index (χ3n) is 11.5. The van der Waals surface area contributed by atoms with Crippen molar-refractivity contribution in [3.63, 3.8) is 0 Å². The molecule has 0 aliphatic heterocycles. The molecule has 8 aromatic carbocycles. The molecule has 0 bridgehead atoms. The molecule has 266 valence electrons. The Balaban J connectivity index is 0.978. The minimum atomic E-state index is -0.118. The molecule has 1 aromatic heterocycles. The van der Waals surface area contributed by atoms with E-state index in [1.54, 1.807) is 0 Å². The second kappa shape index (κ2) is 13.7. The largest absolute Gasteiger partial charge is 0.311 e. The maximum atomic E-state index is 4.67. The lowest BCUT2D eigenvalue weighted by atomic mass is 9.79. The first kappa shape index (κ1) is 33.5. The van der Waals surface area contributed by atoms with Crippen LogP contribution in [-0.4, -0.2) is 4.98 Å². The van der Waals surface area contributed by atoms with Crippen LogP contribution in [0.4, 0.5) is 17.1 Å². The maximum Gasteiger partial charge on any atom is 0.0673 e. The summed E-state index contributed by atoms with van der Waals surface area (Å²) >= 11 is 0. The molecule has 0 radical (unpaired) electrons. The first-order chi connectivity index (χ1) is 27.5. The van der Waals surface area contributed by atoms with Crippen LogP contribution in [0.15, 0.2) is 200 Å². The second-order valence-electron chi connectivity index (χ2n) is 15.3. The van der Waals surface area contributed by atoms with Crippen molar-refractivity contribution in [2.24, 2.45) is 0 Å². The van der Waals surface area contributed by atoms with Crippen LogP contribution in [-0.2, 0) is 5.41 Å². The van der Waals surface area contributed by atoms with Crippen molar-refractivity contribution >= 4 is 50.3 Å². The number of benzene rings is 8. The van der Waals surface area contributed by atoms with Gasteiger partial charge in [-0.25, -0.2) is 0 Å². The summed E-state index contributed by atoms with van der Waals surface area (Å²) in [6.07, 6.45) is 4.13. The van der Waals surface area contributed by atoms with E-state index in [0.717, 1.165) is 22.8 Å². The van der Waals surface area contributed by atoms with Crippen LogP contribution < -0.4 is 4.90 Å². The van der Waals surface area contributed by atoms with E-state index >= 15 is 0 Å². The van der Waals surface area contributed by atoms with Crippen LogP contribution in [0.1, 0.15) is 30.7 Å². The molecule has 0 unspecified atom stereocenters. The van der Waals surface area contributed by atoms with Gasteiger partial charge in [-0.2, -0.15) is 0 Å². The fourth-order valence-corrected chi connectivity index (χ4v) is 8.40. The van der Waals surface area contributed by atoms with Crippen LogP contribution in [0.3, 0.4) is 0 Å². The van der Waals surface area contributed by atoms with Gasteiger partial charge in [0.2, 0.25) is 0 Å². The van der Waals surface area contributed by atoms with E-state index in [0.29, 0.717) is 0 Å². The zero-order chi connectivity index (χ0) is 37.6. The Morgan fingerprint density at radius 2 is 0.768 bits per heavy atom. The lowest BCUT2D eigenvalue weighted by Crippen LogP contribution is -2.16. The first-order valence-electron chi connectivity index (χ1n) is 19.4. The van der Waals surface area contributed by atoms with Crippen molar-refractivity contribution in [2.75, 3.05) is 4.90 Å². The van der Waals surface area contributed by atoms with Crippen LogP contribution >= 0.6 is 0 Å². The van der Waals surface area contributed by atoms with Gasteiger partial charge in [-0.05, 0) is 132 Å². The van der Waals surface area contributed by atoms with E-state index in [1.165, 1.54) is 71.6 Å². The van der Waals surface area contributed by atoms with Gasteiger partial charge in [0.15, 0.2) is 0 Å². The monoisotopic (exact) mass is 716 g/mol. The van der Waals surface area contributed by atoms with Crippen LogP contribution in [0.5, 0.6) is 0 Å². The molecule has 0 amide bonds. The summed E-state index contributed by atoms with van der Waals surface area (Å²) in [5.41, 5.74) is 15.3. The van der Waals surface area contributed by atoms with Crippen molar-refractivity contribution in [1.29, 1.82) is 0 Å². The zero-order valence-electron chi connectivity index (χ0n) is 31.5. The maximum absolute atomic E-state index is 4.67. The number of hydrogen-bond donors (Lipinski definition) is 0. The fraction of sp³-hybridized carbons (Fsp3) is 0.0556. The molecular weight excluding hydrogens is 677 g/mol. The molecule has 0 spiro atoms. The molecule has 0 saturated carbocycles. The summed E-state index contributed by atoms with van der Waals surface area (Å²) in [5, 5.41) is 5.02. The smallest absolute Gasteiger partial charge is 0.0673 e. The number of allylic oxidation sites excluding steroid dienone is 1. The summed E-state index contributed by atoms with van der Waals surface area (Å²) in [6, 6.07) is 70.5. The quantitative estimate of drug-likeness (QED) is 0.163. The van der Waals surface area contributed by atoms with E-state index in [2.05, 4.69) is 218 Å². The van der Waals surface area contributed by atoms with Gasteiger partial charge in [-0.1, -0.05) is 153 Å². The molecule has 9 aromatic rings. The van der Waals surface area contributed by atoms with Crippen molar-refractivity contribution in [3.8, 4) is 33.4 Å². The van der Waals surface area contributed by atoms with Crippen molar-refractivity contribution < 1.29 is 0 Å². The Hall–Kier alpha value is -7.03. The second-order valence-corrected chi connectivity index (χ2v) is 15.3. The van der Waals surface area contributed by atoms with Crippen molar-refractivity contribution in [1.82, 2.24) is 4.98 Å². The van der Waals surface area contributed by atoms with E-state index in [-0.39, 0.29) is 5.41 Å². The normalized spacial score (nSPS) is 13.1. The third kappa shape index (κ3) is 6.06. The summed E-state index contributed by atoms with van der Waals surface area (Å²) in [4.78, 5) is 7.02. The Labute approximate surface area is 328 Å². The van der Waals surface area contributed by atoms with E-state index < -0.39 is 0 Å². The van der Waals surface area contributed by atoms with Crippen molar-refractivity contribution in [3.05, 3.63) is 217 Å². The number of pyridine rings is 1. The van der Waals surface area contributed by atoms with Gasteiger partial charge in [-0.15, -0.1) is 0 Å². The van der Waals surface area contributed by atoms with E-state index in [1.807, 2.05) is 12.3 Å². The lowest BCUT2D eigenvalue weighted by molar-refractivity contribution is 0.700. The fourth-order valence-electron chi connectivity index (χ4n) is 8.40. The Kier molecular flexibility index (Phi) is 8.19. The number of nitrogens with zero attached hydrogens (tertiary/aromatic N) is 2. The number of hydrogen-bond acceptors (Lipinski definition) is 2. The topological polar surface area (TPSA) is 16.1 Å². The highest BCUT2D eigenvalue weighted by Crippen LogP contribution is 2.46. The highest BCUT2D eigenvalue weighted by atomic mass is 15.1. The molecule has 2 heteroatoms. The van der Waals surface area contributed by atoms with Gasteiger partial charge in [0, 0.05) is 28.7 Å². The van der Waals surface area contributed by atoms with Gasteiger partial charge in [0.05, 0.1) is 5.69 Å². The van der Waals surface area contributed by atoms with Gasteiger partial charge >= 0.3 is 0 Å². The highest BCUT2D eigenvalue weighted by Gasteiger charge is 2.34. The van der Waals surface area contributed by atoms with Gasteiger partial charge in [-0.3, -0.25) is 4.98 Å². The molecule has 1 heterocycles. The predicted molar refractivity (Wildman–Crippen MR) is 238 cm³/mol. The number of anilines is 3. The van der Waals surface area contributed by atoms with Crippen molar-refractivity contribution in [2.45, 2.75) is 19.3 Å². The van der Waals surface area contributed by atoms with Crippen LogP contribution in [0.25, 0.3) is 66.6 Å². The highest BCUT2D eigenvalue weighted by molar-refractivity contribution is 5.94. The first-order valence-corrected chi connectivity index (χ1v) is 19.4. The third-order valence-corrected chi connectivity index (χ3v) is 11.5. The van der Waals surface area contributed by atoms with Crippen LogP contribution in [0.2, 0.25) is 0 Å². The number of fused-ring (bicyclic) bond motifs is 3. The molecule has 0 atom stereocenters. The Morgan fingerprint density at radius 1 is 0.375 bits per heavy atom. The lowest BCUT2D eigenvalue weighted by Gasteiger charge is -2.27. The molecule has 1 aliphatic rings. The molecule has 0 saturated heterocycles. The average Bonchev–Trinajstić information content (AvgIpc) is 3.54. The molecule has 10 rings (SSSR count). The Morgan fingerprint density at radius 3 is 1.23 bits per heavy atom. The molecule has 1 aliphatic carbocycles. The summed E-state index contributed by atoms with van der Waals surface area (Å²) < 4.78 is 0. The van der Waals surface area contributed by atoms with Gasteiger partial charge in [0.25, 0.3) is 0 Å². The molecule has 56 heavy (non-hydrogen) atoms. The van der Waals surface area contributed by atoms with Gasteiger partial charge in [0.1, 0.15) is 0 Å². The molecule has 2 nitrogen and oxygen atoms in total. The summed E-state index contributed by atoms with van der Waals surface area (Å²) in [5.74, 6) is 0. The van der Waals surface area contributed by atoms with Crippen LogP contribution in [0, 0.1) is 0 Å². The SMILES string of the molecule is CC1(C)C(c2ccc(N(c3ccc(-c4ccc(-c5ccc6ccccc6c5)cc4)cc3)c3ccc(-c4ccc5ccccc5c4)cc3)cc2)=Cc2ncccc21. The minimum absolute atomic E-state index is 0.118. The van der Waals surface area contributed by atoms with E-state index in [4.69, 9.17) is 0 Å². The average molecular weight is 717 g/mol.